The molecule has 6 aromatic heterocycles. The minimum absolute atomic E-state index is 0.767. The van der Waals surface area contributed by atoms with Gasteiger partial charge in [-0.3, -0.25) is 0 Å². The number of nitrogens with zero attached hydrogens (tertiary/aromatic N) is 2. The third-order valence-corrected chi connectivity index (χ3v) is 17.0. The standard InChI is InChI=1S/C74H40N2O6/c1-3-19-51-45(13-1)59(75(41-25-29-65-53(33-41)47-15-5-9-21-61(47)77-65)42-26-30-66-54(34-42)48-16-6-10-22-62(48)78-66)39-71-73(51)57-37-70-58(38-69(57)81-71)74-52-20-4-2-14-46(52)60(40-72(74)82-70)76(43-27-31-67-55(35-43)49-17-7-11-23-63(49)79-67)44-28-32-68-56(36-44)50-18-8-12-24-64(50)80-68/h1-40H. The van der Waals surface area contributed by atoms with Crippen molar-refractivity contribution >= 4 is 187 Å². The van der Waals surface area contributed by atoms with Gasteiger partial charge in [-0.2, -0.15) is 0 Å². The maximum absolute atomic E-state index is 7.17. The molecule has 0 aliphatic rings. The third-order valence-electron chi connectivity index (χ3n) is 17.0. The number of hydrogen-bond donors (Lipinski definition) is 0. The maximum Gasteiger partial charge on any atom is 0.138 e. The average molecular weight is 1050 g/mol. The van der Waals surface area contributed by atoms with E-state index in [4.69, 9.17) is 26.5 Å². The second-order valence-corrected chi connectivity index (χ2v) is 21.5. The second kappa shape index (κ2) is 16.2. The van der Waals surface area contributed by atoms with Gasteiger partial charge in [0.25, 0.3) is 0 Å². The van der Waals surface area contributed by atoms with Gasteiger partial charge in [0.05, 0.1) is 11.4 Å². The van der Waals surface area contributed by atoms with E-state index in [0.717, 1.165) is 187 Å². The molecule has 0 fully saturated rings. The van der Waals surface area contributed by atoms with Crippen molar-refractivity contribution in [2.24, 2.45) is 0 Å². The molecule has 0 unspecified atom stereocenters. The first-order valence-corrected chi connectivity index (χ1v) is 27.5. The molecule has 0 radical (unpaired) electrons. The second-order valence-electron chi connectivity index (χ2n) is 21.5. The zero-order chi connectivity index (χ0) is 53.3. The molecule has 82 heavy (non-hydrogen) atoms. The van der Waals surface area contributed by atoms with Crippen LogP contribution in [0.4, 0.5) is 34.1 Å². The van der Waals surface area contributed by atoms with E-state index in [-0.39, 0.29) is 0 Å². The Balaban J connectivity index is 0.828. The van der Waals surface area contributed by atoms with E-state index in [2.05, 4.69) is 204 Å². The Labute approximate surface area is 463 Å². The van der Waals surface area contributed by atoms with Crippen LogP contribution in [-0.4, -0.2) is 0 Å². The number of rotatable bonds is 6. The Morgan fingerprint density at radius 2 is 0.427 bits per heavy atom. The van der Waals surface area contributed by atoms with Crippen LogP contribution >= 0.6 is 0 Å². The Kier molecular flexibility index (Phi) is 8.63. The average Bonchev–Trinajstić information content (AvgIpc) is 4.17. The molecule has 0 spiro atoms. The summed E-state index contributed by atoms with van der Waals surface area (Å²) in [5, 5.41) is 16.7. The van der Waals surface area contributed by atoms with Gasteiger partial charge in [0.15, 0.2) is 0 Å². The highest BCUT2D eigenvalue weighted by Gasteiger charge is 2.26. The van der Waals surface area contributed by atoms with E-state index in [1.54, 1.807) is 0 Å². The quantitative estimate of drug-likeness (QED) is 0.163. The van der Waals surface area contributed by atoms with Crippen molar-refractivity contribution in [2.75, 3.05) is 9.80 Å². The van der Waals surface area contributed by atoms with Crippen LogP contribution in [0.2, 0.25) is 0 Å². The normalized spacial score (nSPS) is 12.4. The number of fused-ring (bicyclic) bond motifs is 22. The number of para-hydroxylation sites is 4. The summed E-state index contributed by atoms with van der Waals surface area (Å²) in [6.45, 7) is 0. The van der Waals surface area contributed by atoms with Gasteiger partial charge in [0.2, 0.25) is 0 Å². The van der Waals surface area contributed by atoms with Gasteiger partial charge in [-0.15, -0.1) is 0 Å². The molecule has 0 saturated heterocycles. The van der Waals surface area contributed by atoms with E-state index < -0.39 is 0 Å². The van der Waals surface area contributed by atoms with Crippen molar-refractivity contribution in [3.63, 3.8) is 0 Å². The zero-order valence-electron chi connectivity index (χ0n) is 43.4. The summed E-state index contributed by atoms with van der Waals surface area (Å²) < 4.78 is 39.8. The Morgan fingerprint density at radius 3 is 0.744 bits per heavy atom. The van der Waals surface area contributed by atoms with E-state index in [1.165, 1.54) is 0 Å². The van der Waals surface area contributed by atoms with Crippen LogP contribution in [0, 0.1) is 0 Å². The van der Waals surface area contributed by atoms with Gasteiger partial charge in [0, 0.05) is 110 Å². The summed E-state index contributed by atoms with van der Waals surface area (Å²) in [6, 6.07) is 84.9. The molecule has 19 aromatic rings. The first-order valence-electron chi connectivity index (χ1n) is 27.5. The lowest BCUT2D eigenvalue weighted by Crippen LogP contribution is -2.10. The largest absolute Gasteiger partial charge is 0.456 e. The van der Waals surface area contributed by atoms with Crippen molar-refractivity contribution in [1.29, 1.82) is 0 Å². The van der Waals surface area contributed by atoms with Gasteiger partial charge in [0.1, 0.15) is 67.0 Å². The predicted octanol–water partition coefficient (Wildman–Crippen LogP) is 22.3. The highest BCUT2D eigenvalue weighted by atomic mass is 16.3. The zero-order valence-corrected chi connectivity index (χ0v) is 43.4. The monoisotopic (exact) mass is 1050 g/mol. The Hall–Kier alpha value is -11.2. The van der Waals surface area contributed by atoms with Crippen molar-refractivity contribution in [3.8, 4) is 0 Å². The maximum atomic E-state index is 7.17. The van der Waals surface area contributed by atoms with E-state index in [9.17, 15) is 0 Å². The van der Waals surface area contributed by atoms with Crippen LogP contribution in [0.1, 0.15) is 0 Å². The molecule has 0 aliphatic heterocycles. The van der Waals surface area contributed by atoms with Crippen LogP contribution in [0.15, 0.2) is 269 Å². The summed E-state index contributed by atoms with van der Waals surface area (Å²) in [5.74, 6) is 0. The molecule has 382 valence electrons. The van der Waals surface area contributed by atoms with Crippen LogP contribution in [0.25, 0.3) is 153 Å². The van der Waals surface area contributed by atoms with E-state index >= 15 is 0 Å². The molecular weight excluding hydrogens is 1010 g/mol. The van der Waals surface area contributed by atoms with Crippen LogP contribution in [0.5, 0.6) is 0 Å². The minimum atomic E-state index is 0.767. The molecule has 13 aromatic carbocycles. The first kappa shape index (κ1) is 43.7. The SMILES string of the molecule is c1ccc2c(c1)oc1ccc(N(c3ccc4oc5ccccc5c4c3)c3cc4oc5cc6c(cc5c4c4ccccc34)oc3cc(N(c4ccc5oc7ccccc7c5c4)c4ccc5oc7ccccc7c5c4)c4ccccc4c36)cc12. The summed E-state index contributed by atoms with van der Waals surface area (Å²) in [6.07, 6.45) is 0. The predicted molar refractivity (Wildman–Crippen MR) is 334 cm³/mol. The highest BCUT2D eigenvalue weighted by molar-refractivity contribution is 6.28. The van der Waals surface area contributed by atoms with Crippen molar-refractivity contribution < 1.29 is 26.5 Å². The Morgan fingerprint density at radius 1 is 0.171 bits per heavy atom. The molecule has 0 saturated carbocycles. The molecule has 19 rings (SSSR count). The van der Waals surface area contributed by atoms with E-state index in [0.29, 0.717) is 0 Å². The first-order chi connectivity index (χ1) is 40.6. The van der Waals surface area contributed by atoms with Crippen LogP contribution in [-0.2, 0) is 0 Å². The van der Waals surface area contributed by atoms with Gasteiger partial charge >= 0.3 is 0 Å². The lowest BCUT2D eigenvalue weighted by atomic mass is 9.98. The summed E-state index contributed by atoms with van der Waals surface area (Å²) in [4.78, 5) is 4.68. The summed E-state index contributed by atoms with van der Waals surface area (Å²) in [7, 11) is 0. The lowest BCUT2D eigenvalue weighted by Gasteiger charge is -2.27. The molecule has 0 atom stereocenters. The molecule has 8 heteroatoms. The highest BCUT2D eigenvalue weighted by Crippen LogP contribution is 2.51. The molecule has 0 amide bonds. The van der Waals surface area contributed by atoms with Crippen LogP contribution in [0.3, 0.4) is 0 Å². The molecular formula is C74H40N2O6. The van der Waals surface area contributed by atoms with Crippen molar-refractivity contribution in [2.45, 2.75) is 0 Å². The molecule has 6 heterocycles. The van der Waals surface area contributed by atoms with Gasteiger partial charge < -0.3 is 36.3 Å². The number of benzene rings is 13. The van der Waals surface area contributed by atoms with Gasteiger partial charge in [-0.25, -0.2) is 0 Å². The number of hydrogen-bond acceptors (Lipinski definition) is 8. The number of anilines is 6. The summed E-state index contributed by atoms with van der Waals surface area (Å²) in [5.41, 5.74) is 15.7. The van der Waals surface area contributed by atoms with Crippen molar-refractivity contribution in [3.05, 3.63) is 243 Å². The Bertz CT molecular complexity index is 5350. The fraction of sp³-hybridized carbons (Fsp3) is 0. The minimum Gasteiger partial charge on any atom is -0.456 e. The fourth-order valence-electron chi connectivity index (χ4n) is 13.4. The van der Waals surface area contributed by atoms with Crippen molar-refractivity contribution in [1.82, 2.24) is 0 Å². The molecule has 0 aliphatic carbocycles. The molecule has 0 bridgehead atoms. The fourth-order valence-corrected chi connectivity index (χ4v) is 13.4. The number of furan rings is 6. The van der Waals surface area contributed by atoms with E-state index in [1.807, 2.05) is 48.5 Å². The molecule has 8 nitrogen and oxygen atoms in total. The lowest BCUT2D eigenvalue weighted by molar-refractivity contribution is 0.664. The molecule has 0 N–H and O–H groups in total. The summed E-state index contributed by atoms with van der Waals surface area (Å²) >= 11 is 0. The van der Waals surface area contributed by atoms with Crippen LogP contribution < -0.4 is 9.80 Å². The van der Waals surface area contributed by atoms with Gasteiger partial charge in [-0.1, -0.05) is 121 Å². The smallest absolute Gasteiger partial charge is 0.138 e. The topological polar surface area (TPSA) is 85.3 Å². The third kappa shape index (κ3) is 6.14. The van der Waals surface area contributed by atoms with Gasteiger partial charge in [-0.05, 0) is 120 Å².